The smallest absolute Gasteiger partial charge is 0.251 e. The van der Waals surface area contributed by atoms with Crippen molar-refractivity contribution in [2.24, 2.45) is 7.05 Å². The molecular weight excluding hydrogens is 318 g/mol. The van der Waals surface area contributed by atoms with E-state index < -0.39 is 0 Å². The lowest BCUT2D eigenvalue weighted by Gasteiger charge is -2.06. The van der Waals surface area contributed by atoms with Gasteiger partial charge in [0.05, 0.1) is 12.1 Å². The van der Waals surface area contributed by atoms with Crippen LogP contribution in [0.5, 0.6) is 0 Å². The summed E-state index contributed by atoms with van der Waals surface area (Å²) in [6.45, 7) is 7.65. The molecule has 1 amide bonds. The van der Waals surface area contributed by atoms with E-state index in [0.717, 1.165) is 28.3 Å². The summed E-state index contributed by atoms with van der Waals surface area (Å²) in [5.74, 6) is 0.924. The number of aryl methyl sites for hydroxylation is 4. The largest absolute Gasteiger partial charge is 0.309 e. The predicted octanol–water partition coefficient (Wildman–Crippen LogP) is 1.81. The Morgan fingerprint density at radius 3 is 2.40 bits per heavy atom. The van der Waals surface area contributed by atoms with E-state index in [9.17, 15) is 4.79 Å². The highest BCUT2D eigenvalue weighted by molar-refractivity contribution is 5.91. The molecule has 0 aliphatic carbocycles. The van der Waals surface area contributed by atoms with Gasteiger partial charge in [0.2, 0.25) is 5.91 Å². The maximum Gasteiger partial charge on any atom is 0.251 e. The maximum absolute atomic E-state index is 12.3. The van der Waals surface area contributed by atoms with Crippen LogP contribution in [-0.4, -0.2) is 35.4 Å². The Labute approximate surface area is 145 Å². The Hall–Kier alpha value is -3.03. The summed E-state index contributed by atoms with van der Waals surface area (Å²) in [6, 6.07) is 3.67. The van der Waals surface area contributed by atoms with Crippen molar-refractivity contribution in [1.29, 1.82) is 0 Å². The normalized spacial score (nSPS) is 10.9. The number of nitrogens with one attached hydrogen (secondary N) is 1. The Kier molecular flexibility index (Phi) is 4.35. The molecular formula is C17H21N7O. The molecule has 3 aromatic rings. The van der Waals surface area contributed by atoms with E-state index in [2.05, 4.69) is 25.5 Å². The third kappa shape index (κ3) is 3.57. The topological polar surface area (TPSA) is 90.5 Å². The average molecular weight is 339 g/mol. The fourth-order valence-electron chi connectivity index (χ4n) is 2.76. The van der Waals surface area contributed by atoms with Gasteiger partial charge < -0.3 is 5.32 Å². The number of hydrogen-bond donors (Lipinski definition) is 1. The fraction of sp³-hybridized carbons (Fsp3) is 0.353. The molecule has 0 aromatic carbocycles. The molecule has 0 saturated heterocycles. The molecule has 3 rings (SSSR count). The van der Waals surface area contributed by atoms with Gasteiger partial charge in [0.25, 0.3) is 5.95 Å². The minimum absolute atomic E-state index is 0.134. The van der Waals surface area contributed by atoms with Crippen molar-refractivity contribution in [3.63, 3.8) is 0 Å². The molecule has 8 nitrogen and oxygen atoms in total. The van der Waals surface area contributed by atoms with Crippen LogP contribution in [0, 0.1) is 27.7 Å². The lowest BCUT2D eigenvalue weighted by atomic mass is 10.1. The van der Waals surface area contributed by atoms with E-state index in [-0.39, 0.29) is 12.3 Å². The van der Waals surface area contributed by atoms with Crippen LogP contribution in [0.2, 0.25) is 0 Å². The SMILES string of the molecule is Cc1cc(C)nc(-n2nc(C)c(CC(=O)Nc3ccn(C)n3)c2C)n1. The first-order chi connectivity index (χ1) is 11.8. The Balaban J connectivity index is 1.85. The molecule has 8 heteroatoms. The highest BCUT2D eigenvalue weighted by Gasteiger charge is 2.18. The number of nitrogens with zero attached hydrogens (tertiary/aromatic N) is 6. The molecule has 0 radical (unpaired) electrons. The number of amides is 1. The molecule has 0 bridgehead atoms. The number of hydrogen-bond acceptors (Lipinski definition) is 5. The molecule has 130 valence electrons. The van der Waals surface area contributed by atoms with E-state index in [1.165, 1.54) is 0 Å². The average Bonchev–Trinajstić information content (AvgIpc) is 3.04. The number of carbonyl (C=O) groups excluding carboxylic acids is 1. The summed E-state index contributed by atoms with van der Waals surface area (Å²) >= 11 is 0. The van der Waals surface area contributed by atoms with E-state index in [0.29, 0.717) is 11.8 Å². The molecule has 0 aliphatic rings. The van der Waals surface area contributed by atoms with Gasteiger partial charge >= 0.3 is 0 Å². The van der Waals surface area contributed by atoms with Gasteiger partial charge in [-0.05, 0) is 33.8 Å². The van der Waals surface area contributed by atoms with Gasteiger partial charge in [-0.2, -0.15) is 10.2 Å². The fourth-order valence-corrected chi connectivity index (χ4v) is 2.76. The van der Waals surface area contributed by atoms with Crippen LogP contribution in [0.1, 0.15) is 28.3 Å². The monoisotopic (exact) mass is 339 g/mol. The standard InChI is InChI=1S/C17H21N7O/c1-10-8-11(2)19-17(18-10)24-13(4)14(12(3)21-24)9-16(25)20-15-6-7-23(5)22-15/h6-8H,9H2,1-5H3,(H,20,22,25). The Morgan fingerprint density at radius 2 is 1.80 bits per heavy atom. The highest BCUT2D eigenvalue weighted by atomic mass is 16.1. The summed E-state index contributed by atoms with van der Waals surface area (Å²) < 4.78 is 3.33. The molecule has 0 fully saturated rings. The van der Waals surface area contributed by atoms with Gasteiger partial charge in [-0.3, -0.25) is 9.48 Å². The van der Waals surface area contributed by atoms with Crippen LogP contribution in [0.25, 0.3) is 5.95 Å². The number of anilines is 1. The summed E-state index contributed by atoms with van der Waals surface area (Å²) in [5, 5.41) is 11.5. The van der Waals surface area contributed by atoms with Gasteiger partial charge in [-0.1, -0.05) is 0 Å². The van der Waals surface area contributed by atoms with Crippen LogP contribution < -0.4 is 5.32 Å². The second kappa shape index (κ2) is 6.46. The van der Waals surface area contributed by atoms with Crippen LogP contribution >= 0.6 is 0 Å². The van der Waals surface area contributed by atoms with E-state index in [1.807, 2.05) is 33.8 Å². The number of rotatable bonds is 4. The maximum atomic E-state index is 12.3. The van der Waals surface area contributed by atoms with Crippen LogP contribution in [0.4, 0.5) is 5.82 Å². The predicted molar refractivity (Wildman–Crippen MR) is 93.6 cm³/mol. The molecule has 0 unspecified atom stereocenters. The Bertz CT molecular complexity index is 918. The molecule has 3 heterocycles. The molecule has 0 aliphatic heterocycles. The highest BCUT2D eigenvalue weighted by Crippen LogP contribution is 2.17. The molecule has 25 heavy (non-hydrogen) atoms. The summed E-state index contributed by atoms with van der Waals surface area (Å²) in [4.78, 5) is 21.2. The molecule has 0 atom stereocenters. The molecule has 0 saturated carbocycles. The van der Waals surface area contributed by atoms with Gasteiger partial charge in [-0.25, -0.2) is 14.6 Å². The van der Waals surface area contributed by atoms with E-state index in [1.54, 1.807) is 28.7 Å². The second-order valence-electron chi connectivity index (χ2n) is 6.11. The molecule has 0 spiro atoms. The van der Waals surface area contributed by atoms with Gasteiger partial charge in [0.15, 0.2) is 5.82 Å². The van der Waals surface area contributed by atoms with Crippen molar-refractivity contribution in [3.8, 4) is 5.95 Å². The molecule has 3 aromatic heterocycles. The quantitative estimate of drug-likeness (QED) is 0.783. The van der Waals surface area contributed by atoms with Crippen LogP contribution in [0.15, 0.2) is 18.3 Å². The van der Waals surface area contributed by atoms with Gasteiger partial charge in [0, 0.05) is 42.0 Å². The van der Waals surface area contributed by atoms with Crippen LogP contribution in [-0.2, 0) is 18.3 Å². The van der Waals surface area contributed by atoms with Crippen molar-refractivity contribution in [3.05, 3.63) is 46.7 Å². The third-order valence-electron chi connectivity index (χ3n) is 3.92. The molecule has 1 N–H and O–H groups in total. The summed E-state index contributed by atoms with van der Waals surface area (Å²) in [5.41, 5.74) is 4.28. The minimum Gasteiger partial charge on any atom is -0.309 e. The zero-order valence-corrected chi connectivity index (χ0v) is 15.0. The first kappa shape index (κ1) is 16.8. The number of carbonyl (C=O) groups is 1. The zero-order chi connectivity index (χ0) is 18.1. The van der Waals surface area contributed by atoms with Crippen molar-refractivity contribution < 1.29 is 4.79 Å². The van der Waals surface area contributed by atoms with E-state index in [4.69, 9.17) is 0 Å². The Morgan fingerprint density at radius 1 is 1.12 bits per heavy atom. The van der Waals surface area contributed by atoms with Crippen molar-refractivity contribution in [1.82, 2.24) is 29.5 Å². The lowest BCUT2D eigenvalue weighted by molar-refractivity contribution is -0.115. The first-order valence-electron chi connectivity index (χ1n) is 8.00. The summed E-state index contributed by atoms with van der Waals surface area (Å²) in [6.07, 6.45) is 2.00. The zero-order valence-electron chi connectivity index (χ0n) is 15.0. The second-order valence-corrected chi connectivity index (χ2v) is 6.11. The first-order valence-corrected chi connectivity index (χ1v) is 8.00. The third-order valence-corrected chi connectivity index (χ3v) is 3.92. The van der Waals surface area contributed by atoms with Gasteiger partial charge in [0.1, 0.15) is 0 Å². The van der Waals surface area contributed by atoms with Crippen molar-refractivity contribution in [2.45, 2.75) is 34.1 Å². The number of aromatic nitrogens is 6. The van der Waals surface area contributed by atoms with Gasteiger partial charge in [-0.15, -0.1) is 0 Å². The van der Waals surface area contributed by atoms with E-state index >= 15 is 0 Å². The van der Waals surface area contributed by atoms with Crippen molar-refractivity contribution in [2.75, 3.05) is 5.32 Å². The lowest BCUT2D eigenvalue weighted by Crippen LogP contribution is -2.16. The summed E-state index contributed by atoms with van der Waals surface area (Å²) in [7, 11) is 1.80. The van der Waals surface area contributed by atoms with Crippen molar-refractivity contribution >= 4 is 11.7 Å². The minimum atomic E-state index is -0.134. The van der Waals surface area contributed by atoms with Crippen LogP contribution in [0.3, 0.4) is 0 Å².